The van der Waals surface area contributed by atoms with Gasteiger partial charge in [-0.15, -0.1) is 11.3 Å². The van der Waals surface area contributed by atoms with E-state index < -0.39 is 0 Å². The molecule has 0 spiro atoms. The summed E-state index contributed by atoms with van der Waals surface area (Å²) in [5.41, 5.74) is 2.73. The van der Waals surface area contributed by atoms with Gasteiger partial charge in [0.05, 0.1) is 5.69 Å². The summed E-state index contributed by atoms with van der Waals surface area (Å²) in [4.78, 5) is 7.21. The Bertz CT molecular complexity index is 434. The highest BCUT2D eigenvalue weighted by Crippen LogP contribution is 2.20. The minimum absolute atomic E-state index is 0.771. The third kappa shape index (κ3) is 3.40. The average molecular weight is 263 g/mol. The molecule has 18 heavy (non-hydrogen) atoms. The number of aromatic nitrogens is 1. The van der Waals surface area contributed by atoms with Gasteiger partial charge in [0.25, 0.3) is 0 Å². The second-order valence-corrected chi connectivity index (χ2v) is 6.38. The average Bonchev–Trinajstić information content (AvgIpc) is 3.08. The molecule has 0 unspecified atom stereocenters. The molecule has 0 aromatic carbocycles. The highest BCUT2D eigenvalue weighted by Gasteiger charge is 2.20. The van der Waals surface area contributed by atoms with Gasteiger partial charge in [0.15, 0.2) is 0 Å². The lowest BCUT2D eigenvalue weighted by Crippen LogP contribution is -2.29. The third-order valence-corrected chi connectivity index (χ3v) is 4.41. The summed E-state index contributed by atoms with van der Waals surface area (Å²) in [6.07, 6.45) is 6.23. The molecule has 0 saturated heterocycles. The maximum Gasteiger partial charge on any atom is 0.107 e. The zero-order valence-electron chi connectivity index (χ0n) is 11.0. The molecule has 1 N–H and O–H groups in total. The molecule has 1 aliphatic heterocycles. The first-order chi connectivity index (χ1) is 8.79. The van der Waals surface area contributed by atoms with Gasteiger partial charge in [-0.05, 0) is 26.2 Å². The van der Waals surface area contributed by atoms with Gasteiger partial charge in [-0.3, -0.25) is 4.90 Å². The fraction of sp³-hybridized carbons (Fsp3) is 0.643. The van der Waals surface area contributed by atoms with Gasteiger partial charge in [0.1, 0.15) is 5.01 Å². The van der Waals surface area contributed by atoms with Gasteiger partial charge >= 0.3 is 0 Å². The number of thiazole rings is 1. The van der Waals surface area contributed by atoms with Crippen LogP contribution in [0.5, 0.6) is 0 Å². The van der Waals surface area contributed by atoms with Crippen molar-refractivity contribution >= 4 is 11.3 Å². The number of hydrogen-bond donors (Lipinski definition) is 1. The summed E-state index contributed by atoms with van der Waals surface area (Å²) in [5, 5.41) is 6.98. The molecular weight excluding hydrogens is 242 g/mol. The van der Waals surface area contributed by atoms with Gasteiger partial charge in [0, 0.05) is 37.6 Å². The molecule has 1 aromatic rings. The van der Waals surface area contributed by atoms with Crippen molar-refractivity contribution in [1.29, 1.82) is 0 Å². The van der Waals surface area contributed by atoms with E-state index in [1.54, 1.807) is 11.3 Å². The van der Waals surface area contributed by atoms with Crippen molar-refractivity contribution < 1.29 is 0 Å². The Morgan fingerprint density at radius 1 is 1.50 bits per heavy atom. The Balaban J connectivity index is 1.51. The lowest BCUT2D eigenvalue weighted by Gasteiger charge is -2.24. The van der Waals surface area contributed by atoms with Crippen LogP contribution in [0.15, 0.2) is 17.0 Å². The number of nitrogens with one attached hydrogen (secondary N) is 1. The van der Waals surface area contributed by atoms with Crippen LogP contribution in [-0.2, 0) is 13.1 Å². The molecule has 0 amide bonds. The second kappa shape index (κ2) is 5.51. The highest BCUT2D eigenvalue weighted by atomic mass is 32.1. The number of rotatable bonds is 5. The smallest absolute Gasteiger partial charge is 0.107 e. The third-order valence-electron chi connectivity index (χ3n) is 3.52. The fourth-order valence-electron chi connectivity index (χ4n) is 2.38. The van der Waals surface area contributed by atoms with Crippen molar-refractivity contribution in [2.24, 2.45) is 0 Å². The number of nitrogens with zero attached hydrogens (tertiary/aromatic N) is 2. The largest absolute Gasteiger partial charge is 0.308 e. The maximum atomic E-state index is 4.72. The summed E-state index contributed by atoms with van der Waals surface area (Å²) < 4.78 is 0. The molecule has 1 saturated carbocycles. The van der Waals surface area contributed by atoms with Crippen molar-refractivity contribution in [2.45, 2.75) is 45.3 Å². The van der Waals surface area contributed by atoms with Crippen LogP contribution in [0.25, 0.3) is 0 Å². The topological polar surface area (TPSA) is 28.2 Å². The maximum absolute atomic E-state index is 4.72. The van der Waals surface area contributed by atoms with Crippen LogP contribution in [0.4, 0.5) is 0 Å². The Hall–Kier alpha value is -0.710. The SMILES string of the molecule is CC1=CCCN(Cc2csc(CNC3CC3)n2)C1. The van der Waals surface area contributed by atoms with Crippen molar-refractivity contribution in [2.75, 3.05) is 13.1 Å². The van der Waals surface area contributed by atoms with E-state index in [1.807, 2.05) is 0 Å². The molecular formula is C14H21N3S. The zero-order valence-corrected chi connectivity index (χ0v) is 11.8. The summed E-state index contributed by atoms with van der Waals surface area (Å²) in [6, 6.07) is 0.771. The summed E-state index contributed by atoms with van der Waals surface area (Å²) in [5.74, 6) is 0. The van der Waals surface area contributed by atoms with Gasteiger partial charge in [-0.25, -0.2) is 4.98 Å². The first-order valence-electron chi connectivity index (χ1n) is 6.84. The standard InChI is InChI=1S/C14H21N3S/c1-11-3-2-6-17(8-11)9-13-10-18-14(16-13)7-15-12-4-5-12/h3,10,12,15H,2,4-9H2,1H3. The van der Waals surface area contributed by atoms with Crippen LogP contribution in [0.2, 0.25) is 0 Å². The van der Waals surface area contributed by atoms with Crippen LogP contribution in [0, 0.1) is 0 Å². The summed E-state index contributed by atoms with van der Waals surface area (Å²) in [7, 11) is 0. The molecule has 98 valence electrons. The van der Waals surface area contributed by atoms with E-state index in [4.69, 9.17) is 4.98 Å². The van der Waals surface area contributed by atoms with Gasteiger partial charge in [-0.1, -0.05) is 11.6 Å². The Kier molecular flexibility index (Phi) is 3.77. The molecule has 0 radical (unpaired) electrons. The molecule has 1 aromatic heterocycles. The van der Waals surface area contributed by atoms with Crippen molar-refractivity contribution in [3.63, 3.8) is 0 Å². The van der Waals surface area contributed by atoms with E-state index >= 15 is 0 Å². The van der Waals surface area contributed by atoms with Crippen LogP contribution in [0.1, 0.15) is 36.9 Å². The van der Waals surface area contributed by atoms with E-state index in [9.17, 15) is 0 Å². The quantitative estimate of drug-likeness (QED) is 0.828. The lowest BCUT2D eigenvalue weighted by molar-refractivity contribution is 0.279. The first kappa shape index (κ1) is 12.3. The van der Waals surface area contributed by atoms with Gasteiger partial charge in [-0.2, -0.15) is 0 Å². The summed E-state index contributed by atoms with van der Waals surface area (Å²) >= 11 is 1.79. The monoisotopic (exact) mass is 263 g/mol. The molecule has 4 heteroatoms. The number of hydrogen-bond acceptors (Lipinski definition) is 4. The van der Waals surface area contributed by atoms with Gasteiger partial charge in [0.2, 0.25) is 0 Å². The molecule has 2 heterocycles. The van der Waals surface area contributed by atoms with E-state index in [1.165, 1.54) is 42.1 Å². The lowest BCUT2D eigenvalue weighted by atomic mass is 10.1. The van der Waals surface area contributed by atoms with E-state index in [-0.39, 0.29) is 0 Å². The minimum Gasteiger partial charge on any atom is -0.308 e. The fourth-order valence-corrected chi connectivity index (χ4v) is 3.11. The van der Waals surface area contributed by atoms with E-state index in [0.717, 1.165) is 25.7 Å². The predicted octanol–water partition coefficient (Wildman–Crippen LogP) is 2.55. The van der Waals surface area contributed by atoms with Gasteiger partial charge < -0.3 is 5.32 Å². The molecule has 1 fully saturated rings. The normalized spacial score (nSPS) is 21.1. The minimum atomic E-state index is 0.771. The van der Waals surface area contributed by atoms with Crippen molar-refractivity contribution in [3.05, 3.63) is 27.7 Å². The van der Waals surface area contributed by atoms with E-state index in [0.29, 0.717) is 0 Å². The second-order valence-electron chi connectivity index (χ2n) is 5.44. The molecule has 0 atom stereocenters. The van der Waals surface area contributed by atoms with Crippen LogP contribution in [-0.4, -0.2) is 29.0 Å². The highest BCUT2D eigenvalue weighted by molar-refractivity contribution is 7.09. The van der Waals surface area contributed by atoms with Crippen LogP contribution >= 0.6 is 11.3 Å². The van der Waals surface area contributed by atoms with Crippen molar-refractivity contribution in [3.8, 4) is 0 Å². The van der Waals surface area contributed by atoms with Crippen molar-refractivity contribution in [1.82, 2.24) is 15.2 Å². The Labute approximate surface area is 113 Å². The molecule has 1 aliphatic carbocycles. The molecule has 2 aliphatic rings. The molecule has 0 bridgehead atoms. The molecule has 3 nitrogen and oxygen atoms in total. The first-order valence-corrected chi connectivity index (χ1v) is 7.72. The van der Waals surface area contributed by atoms with Crippen LogP contribution < -0.4 is 5.32 Å². The Morgan fingerprint density at radius 3 is 3.17 bits per heavy atom. The Morgan fingerprint density at radius 2 is 2.39 bits per heavy atom. The predicted molar refractivity (Wildman–Crippen MR) is 75.6 cm³/mol. The molecule has 3 rings (SSSR count). The zero-order chi connectivity index (χ0) is 12.4. The summed E-state index contributed by atoms with van der Waals surface area (Å²) in [6.45, 7) is 6.45. The van der Waals surface area contributed by atoms with Crippen LogP contribution in [0.3, 0.4) is 0 Å². The van der Waals surface area contributed by atoms with E-state index in [2.05, 4.69) is 28.6 Å².